The number of hydrogen-bond acceptors (Lipinski definition) is 5. The van der Waals surface area contributed by atoms with Gasteiger partial charge in [-0.15, -0.1) is 12.4 Å². The van der Waals surface area contributed by atoms with E-state index in [0.717, 1.165) is 43.4 Å². The number of halogens is 1. The van der Waals surface area contributed by atoms with E-state index in [1.54, 1.807) is 4.68 Å². The molecule has 1 aliphatic rings. The quantitative estimate of drug-likeness (QED) is 0.799. The minimum absolute atomic E-state index is 0. The zero-order chi connectivity index (χ0) is 18.9. The lowest BCUT2D eigenvalue weighted by molar-refractivity contribution is 0.0754. The Labute approximate surface area is 167 Å². The Kier molecular flexibility index (Phi) is 6.70. The number of oxazole rings is 1. The normalized spacial score (nSPS) is 16.1. The molecule has 3 heterocycles. The van der Waals surface area contributed by atoms with E-state index in [-0.39, 0.29) is 23.7 Å². The molecular weight excluding hydrogens is 366 g/mol. The average Bonchev–Trinajstić information content (AvgIpc) is 3.08. The lowest BCUT2D eigenvalue weighted by atomic mass is 9.94. The Morgan fingerprint density at radius 3 is 2.56 bits per heavy atom. The van der Waals surface area contributed by atoms with Crippen LogP contribution in [-0.4, -0.2) is 56.7 Å². The highest BCUT2D eigenvalue weighted by Crippen LogP contribution is 2.23. The van der Waals surface area contributed by atoms with E-state index in [1.165, 1.54) is 0 Å². The molecule has 0 N–H and O–H groups in total. The average molecular weight is 396 g/mol. The number of rotatable bonds is 3. The minimum Gasteiger partial charge on any atom is -0.444 e. The molecule has 0 unspecified atom stereocenters. The van der Waals surface area contributed by atoms with E-state index < -0.39 is 0 Å². The number of carbonyl (C=O) groups excluding carboxylic acids is 1. The second-order valence-corrected chi connectivity index (χ2v) is 8.08. The highest BCUT2D eigenvalue weighted by Gasteiger charge is 2.24. The van der Waals surface area contributed by atoms with Gasteiger partial charge in [-0.25, -0.2) is 4.98 Å². The molecule has 7 nitrogen and oxygen atoms in total. The van der Waals surface area contributed by atoms with E-state index in [9.17, 15) is 4.79 Å². The van der Waals surface area contributed by atoms with Crippen molar-refractivity contribution in [2.24, 2.45) is 7.05 Å². The van der Waals surface area contributed by atoms with Crippen LogP contribution in [-0.2, 0) is 19.0 Å². The number of hydrogen-bond donors (Lipinski definition) is 0. The van der Waals surface area contributed by atoms with Crippen molar-refractivity contribution in [3.05, 3.63) is 35.3 Å². The summed E-state index contributed by atoms with van der Waals surface area (Å²) in [6, 6.07) is 1.85. The minimum atomic E-state index is -0.0337. The molecule has 8 heteroatoms. The van der Waals surface area contributed by atoms with Crippen LogP contribution in [0.25, 0.3) is 0 Å². The van der Waals surface area contributed by atoms with Gasteiger partial charge in [0.2, 0.25) is 5.89 Å². The van der Waals surface area contributed by atoms with Crippen molar-refractivity contribution < 1.29 is 9.21 Å². The molecule has 3 rings (SSSR count). The van der Waals surface area contributed by atoms with E-state index in [4.69, 9.17) is 4.42 Å². The molecule has 0 atom stereocenters. The van der Waals surface area contributed by atoms with Crippen LogP contribution in [0.3, 0.4) is 0 Å². The summed E-state index contributed by atoms with van der Waals surface area (Å²) in [7, 11) is 1.86. The molecule has 2 aromatic rings. The Bertz CT molecular complexity index is 758. The third-order valence-corrected chi connectivity index (χ3v) is 4.86. The summed E-state index contributed by atoms with van der Waals surface area (Å²) in [5.74, 6) is 1.67. The molecule has 0 aliphatic carbocycles. The van der Waals surface area contributed by atoms with Crippen molar-refractivity contribution >= 4 is 18.3 Å². The van der Waals surface area contributed by atoms with Gasteiger partial charge < -0.3 is 9.32 Å². The van der Waals surface area contributed by atoms with Gasteiger partial charge in [0.05, 0.1) is 12.7 Å². The standard InChI is InChI=1S/C19H29N5O2.ClH/c1-14-11-15(21-22(14)5)18(25)24-8-6-7-23(9-10-24)13-17-20-12-16(26-17)19(2,3)4;/h11-12H,6-10,13H2,1-5H3;1H. The second kappa shape index (κ2) is 8.44. The van der Waals surface area contributed by atoms with E-state index in [1.807, 2.05) is 31.1 Å². The van der Waals surface area contributed by atoms with Gasteiger partial charge in [-0.3, -0.25) is 14.4 Å². The maximum absolute atomic E-state index is 12.7. The van der Waals surface area contributed by atoms with Gasteiger partial charge in [-0.1, -0.05) is 20.8 Å². The maximum Gasteiger partial charge on any atom is 0.274 e. The van der Waals surface area contributed by atoms with Crippen molar-refractivity contribution in [3.63, 3.8) is 0 Å². The molecule has 1 saturated heterocycles. The number of aryl methyl sites for hydroxylation is 2. The summed E-state index contributed by atoms with van der Waals surface area (Å²) in [5, 5.41) is 4.32. The number of aromatic nitrogens is 3. The summed E-state index contributed by atoms with van der Waals surface area (Å²) in [4.78, 5) is 21.3. The van der Waals surface area contributed by atoms with Crippen molar-refractivity contribution in [2.45, 2.75) is 46.1 Å². The summed E-state index contributed by atoms with van der Waals surface area (Å²) < 4.78 is 7.65. The van der Waals surface area contributed by atoms with Crippen molar-refractivity contribution in [1.82, 2.24) is 24.6 Å². The zero-order valence-electron chi connectivity index (χ0n) is 16.9. The van der Waals surface area contributed by atoms with Crippen LogP contribution in [0.4, 0.5) is 0 Å². The molecule has 0 radical (unpaired) electrons. The smallest absolute Gasteiger partial charge is 0.274 e. The van der Waals surface area contributed by atoms with Crippen LogP contribution in [0.2, 0.25) is 0 Å². The van der Waals surface area contributed by atoms with Crippen LogP contribution in [0, 0.1) is 6.92 Å². The van der Waals surface area contributed by atoms with E-state index in [0.29, 0.717) is 18.8 Å². The molecular formula is C19H30ClN5O2. The van der Waals surface area contributed by atoms with Gasteiger partial charge in [0.1, 0.15) is 5.76 Å². The first-order chi connectivity index (χ1) is 12.2. The first-order valence-corrected chi connectivity index (χ1v) is 9.21. The van der Waals surface area contributed by atoms with Crippen LogP contribution in [0.1, 0.15) is 55.0 Å². The van der Waals surface area contributed by atoms with E-state index >= 15 is 0 Å². The summed E-state index contributed by atoms with van der Waals surface area (Å²) in [6.45, 7) is 12.2. The Morgan fingerprint density at radius 2 is 1.96 bits per heavy atom. The van der Waals surface area contributed by atoms with Gasteiger partial charge in [0.15, 0.2) is 5.69 Å². The fourth-order valence-electron chi connectivity index (χ4n) is 3.08. The fraction of sp³-hybridized carbons (Fsp3) is 0.632. The van der Waals surface area contributed by atoms with Crippen LogP contribution in [0.5, 0.6) is 0 Å². The molecule has 2 aromatic heterocycles. The molecule has 1 amide bonds. The zero-order valence-corrected chi connectivity index (χ0v) is 17.7. The predicted molar refractivity (Wildman–Crippen MR) is 106 cm³/mol. The molecule has 0 aromatic carbocycles. The predicted octanol–water partition coefficient (Wildman–Crippen LogP) is 2.78. The summed E-state index contributed by atoms with van der Waals surface area (Å²) >= 11 is 0. The molecule has 0 spiro atoms. The first-order valence-electron chi connectivity index (χ1n) is 9.21. The number of amides is 1. The number of carbonyl (C=O) groups is 1. The third-order valence-electron chi connectivity index (χ3n) is 4.86. The van der Waals surface area contributed by atoms with Crippen molar-refractivity contribution in [3.8, 4) is 0 Å². The summed E-state index contributed by atoms with van der Waals surface area (Å²) in [5.41, 5.74) is 1.48. The van der Waals surface area contributed by atoms with Crippen molar-refractivity contribution in [2.75, 3.05) is 26.2 Å². The fourth-order valence-corrected chi connectivity index (χ4v) is 3.08. The Balaban J connectivity index is 0.00000261. The van der Waals surface area contributed by atoms with Gasteiger partial charge in [0, 0.05) is 44.3 Å². The van der Waals surface area contributed by atoms with Gasteiger partial charge in [-0.05, 0) is 19.4 Å². The maximum atomic E-state index is 12.7. The monoisotopic (exact) mass is 395 g/mol. The van der Waals surface area contributed by atoms with Gasteiger partial charge >= 0.3 is 0 Å². The molecule has 0 bridgehead atoms. The SMILES string of the molecule is Cc1cc(C(=O)N2CCCN(Cc3ncc(C(C)(C)C)o3)CC2)nn1C.Cl. The second-order valence-electron chi connectivity index (χ2n) is 8.08. The molecule has 27 heavy (non-hydrogen) atoms. The van der Waals surface area contributed by atoms with Crippen LogP contribution >= 0.6 is 12.4 Å². The Morgan fingerprint density at radius 1 is 1.22 bits per heavy atom. The number of nitrogens with zero attached hydrogens (tertiary/aromatic N) is 5. The highest BCUT2D eigenvalue weighted by atomic mass is 35.5. The Hall–Kier alpha value is -1.86. The molecule has 1 aliphatic heterocycles. The first kappa shape index (κ1) is 21.4. The molecule has 0 saturated carbocycles. The van der Waals surface area contributed by atoms with Crippen LogP contribution < -0.4 is 0 Å². The van der Waals surface area contributed by atoms with Crippen molar-refractivity contribution in [1.29, 1.82) is 0 Å². The topological polar surface area (TPSA) is 67.4 Å². The lowest BCUT2D eigenvalue weighted by Crippen LogP contribution is -2.35. The summed E-state index contributed by atoms with van der Waals surface area (Å²) in [6.07, 6.45) is 2.76. The molecule has 150 valence electrons. The van der Waals surface area contributed by atoms with Gasteiger partial charge in [-0.2, -0.15) is 5.10 Å². The van der Waals surface area contributed by atoms with Crippen LogP contribution in [0.15, 0.2) is 16.7 Å². The third kappa shape index (κ3) is 5.11. The molecule has 1 fully saturated rings. The lowest BCUT2D eigenvalue weighted by Gasteiger charge is -2.20. The largest absolute Gasteiger partial charge is 0.444 e. The van der Waals surface area contributed by atoms with Gasteiger partial charge in [0.25, 0.3) is 5.91 Å². The van der Waals surface area contributed by atoms with E-state index in [2.05, 4.69) is 35.8 Å². The highest BCUT2D eigenvalue weighted by molar-refractivity contribution is 5.92.